The van der Waals surface area contributed by atoms with Gasteiger partial charge in [-0.05, 0) is 37.1 Å². The molecule has 1 saturated heterocycles. The SMILES string of the molecule is Cc1cccc(CNC(=O)CCN2CCN(c3cccc(C)c3)CC2)c1. The average molecular weight is 351 g/mol. The lowest BCUT2D eigenvalue weighted by Crippen LogP contribution is -2.47. The number of hydrogen-bond donors (Lipinski definition) is 1. The van der Waals surface area contributed by atoms with Gasteiger partial charge in [-0.2, -0.15) is 0 Å². The van der Waals surface area contributed by atoms with Gasteiger partial charge in [0.2, 0.25) is 5.91 Å². The predicted octanol–water partition coefficient (Wildman–Crippen LogP) is 3.13. The van der Waals surface area contributed by atoms with Crippen molar-refractivity contribution in [2.75, 3.05) is 37.6 Å². The van der Waals surface area contributed by atoms with Crippen LogP contribution < -0.4 is 10.2 Å². The Labute approximate surface area is 156 Å². The van der Waals surface area contributed by atoms with Crippen LogP contribution in [0.15, 0.2) is 48.5 Å². The average Bonchev–Trinajstić information content (AvgIpc) is 2.65. The van der Waals surface area contributed by atoms with E-state index >= 15 is 0 Å². The van der Waals surface area contributed by atoms with Crippen LogP contribution in [0.5, 0.6) is 0 Å². The molecule has 1 amide bonds. The van der Waals surface area contributed by atoms with Crippen molar-refractivity contribution < 1.29 is 4.79 Å². The second-order valence-electron chi connectivity index (χ2n) is 7.18. The molecule has 26 heavy (non-hydrogen) atoms. The summed E-state index contributed by atoms with van der Waals surface area (Å²) in [6, 6.07) is 17.0. The number of rotatable bonds is 6. The molecule has 0 spiro atoms. The molecule has 138 valence electrons. The summed E-state index contributed by atoms with van der Waals surface area (Å²) in [4.78, 5) is 16.9. The Kier molecular flexibility index (Phi) is 6.29. The number of hydrogen-bond acceptors (Lipinski definition) is 3. The number of aryl methyl sites for hydroxylation is 2. The number of nitrogens with zero attached hydrogens (tertiary/aromatic N) is 2. The van der Waals surface area contributed by atoms with Crippen molar-refractivity contribution in [3.8, 4) is 0 Å². The molecular weight excluding hydrogens is 322 g/mol. The quantitative estimate of drug-likeness (QED) is 0.868. The standard InChI is InChI=1S/C22H29N3O/c1-18-5-3-7-20(15-18)17-23-22(26)9-10-24-11-13-25(14-12-24)21-8-4-6-19(2)16-21/h3-8,15-16H,9-14,17H2,1-2H3,(H,23,26). The third-order valence-electron chi connectivity index (χ3n) is 4.97. The van der Waals surface area contributed by atoms with Crippen LogP contribution in [0.3, 0.4) is 0 Å². The van der Waals surface area contributed by atoms with Gasteiger partial charge in [-0.25, -0.2) is 0 Å². The van der Waals surface area contributed by atoms with Crippen LogP contribution in [0, 0.1) is 13.8 Å². The Morgan fingerprint density at radius 3 is 2.35 bits per heavy atom. The van der Waals surface area contributed by atoms with Crippen LogP contribution in [-0.2, 0) is 11.3 Å². The van der Waals surface area contributed by atoms with E-state index in [1.165, 1.54) is 16.8 Å². The highest BCUT2D eigenvalue weighted by Crippen LogP contribution is 2.17. The van der Waals surface area contributed by atoms with Crippen molar-refractivity contribution in [3.05, 3.63) is 65.2 Å². The van der Waals surface area contributed by atoms with Crippen LogP contribution in [0.2, 0.25) is 0 Å². The van der Waals surface area contributed by atoms with E-state index in [1.54, 1.807) is 0 Å². The van der Waals surface area contributed by atoms with Gasteiger partial charge in [0.1, 0.15) is 0 Å². The van der Waals surface area contributed by atoms with Gasteiger partial charge in [0.25, 0.3) is 0 Å². The Morgan fingerprint density at radius 2 is 1.65 bits per heavy atom. The van der Waals surface area contributed by atoms with Gasteiger partial charge in [0.15, 0.2) is 0 Å². The summed E-state index contributed by atoms with van der Waals surface area (Å²) in [6.07, 6.45) is 0.566. The second-order valence-corrected chi connectivity index (χ2v) is 7.18. The summed E-state index contributed by atoms with van der Waals surface area (Å²) in [6.45, 7) is 9.72. The summed E-state index contributed by atoms with van der Waals surface area (Å²) < 4.78 is 0. The number of carbonyl (C=O) groups is 1. The Bertz CT molecular complexity index is 736. The van der Waals surface area contributed by atoms with E-state index in [1.807, 2.05) is 6.07 Å². The first kappa shape index (κ1) is 18.5. The maximum Gasteiger partial charge on any atom is 0.221 e. The number of carbonyl (C=O) groups excluding carboxylic acids is 1. The van der Waals surface area contributed by atoms with Crippen molar-refractivity contribution in [2.24, 2.45) is 0 Å². The van der Waals surface area contributed by atoms with Crippen molar-refractivity contribution in [1.82, 2.24) is 10.2 Å². The molecule has 2 aromatic carbocycles. The van der Waals surface area contributed by atoms with Crippen molar-refractivity contribution in [1.29, 1.82) is 0 Å². The third kappa shape index (κ3) is 5.33. The minimum absolute atomic E-state index is 0.132. The fourth-order valence-corrected chi connectivity index (χ4v) is 3.43. The molecule has 1 aliphatic heterocycles. The summed E-state index contributed by atoms with van der Waals surface area (Å²) in [5.74, 6) is 0.132. The largest absolute Gasteiger partial charge is 0.369 e. The van der Waals surface area contributed by atoms with Gasteiger partial charge in [-0.3, -0.25) is 9.69 Å². The van der Waals surface area contributed by atoms with E-state index in [2.05, 4.69) is 71.4 Å². The van der Waals surface area contributed by atoms with Crippen molar-refractivity contribution >= 4 is 11.6 Å². The molecule has 1 fully saturated rings. The Hall–Kier alpha value is -2.33. The highest BCUT2D eigenvalue weighted by Gasteiger charge is 2.17. The van der Waals surface area contributed by atoms with Gasteiger partial charge in [0, 0.05) is 51.4 Å². The monoisotopic (exact) mass is 351 g/mol. The lowest BCUT2D eigenvalue weighted by molar-refractivity contribution is -0.121. The summed E-state index contributed by atoms with van der Waals surface area (Å²) in [5.41, 5.74) is 4.99. The first-order chi connectivity index (χ1) is 12.6. The van der Waals surface area contributed by atoms with Gasteiger partial charge in [-0.15, -0.1) is 0 Å². The number of anilines is 1. The zero-order chi connectivity index (χ0) is 18.4. The molecule has 1 N–H and O–H groups in total. The molecule has 0 atom stereocenters. The summed E-state index contributed by atoms with van der Waals surface area (Å²) >= 11 is 0. The van der Waals surface area contributed by atoms with E-state index < -0.39 is 0 Å². The zero-order valence-electron chi connectivity index (χ0n) is 15.9. The van der Waals surface area contributed by atoms with Gasteiger partial charge in [-0.1, -0.05) is 42.0 Å². The number of nitrogens with one attached hydrogen (secondary N) is 1. The van der Waals surface area contributed by atoms with E-state index in [-0.39, 0.29) is 5.91 Å². The topological polar surface area (TPSA) is 35.6 Å². The van der Waals surface area contributed by atoms with Crippen LogP contribution in [0.4, 0.5) is 5.69 Å². The fourth-order valence-electron chi connectivity index (χ4n) is 3.43. The first-order valence-electron chi connectivity index (χ1n) is 9.46. The molecule has 0 radical (unpaired) electrons. The number of benzene rings is 2. The van der Waals surface area contributed by atoms with Crippen molar-refractivity contribution in [3.63, 3.8) is 0 Å². The fraction of sp³-hybridized carbons (Fsp3) is 0.409. The number of piperazine rings is 1. The minimum Gasteiger partial charge on any atom is -0.369 e. The molecule has 1 heterocycles. The Balaban J connectivity index is 1.37. The molecule has 3 rings (SSSR count). The molecular formula is C22H29N3O. The van der Waals surface area contributed by atoms with Crippen LogP contribution in [0.25, 0.3) is 0 Å². The molecule has 1 aliphatic rings. The molecule has 0 saturated carbocycles. The maximum absolute atomic E-state index is 12.1. The minimum atomic E-state index is 0.132. The molecule has 2 aromatic rings. The zero-order valence-corrected chi connectivity index (χ0v) is 15.9. The first-order valence-corrected chi connectivity index (χ1v) is 9.46. The van der Waals surface area contributed by atoms with Crippen molar-refractivity contribution in [2.45, 2.75) is 26.8 Å². The molecule has 4 heteroatoms. The third-order valence-corrected chi connectivity index (χ3v) is 4.97. The van der Waals surface area contributed by atoms with E-state index in [4.69, 9.17) is 0 Å². The van der Waals surface area contributed by atoms with Crippen LogP contribution >= 0.6 is 0 Å². The second kappa shape index (κ2) is 8.86. The molecule has 0 unspecified atom stereocenters. The lowest BCUT2D eigenvalue weighted by atomic mass is 10.1. The van der Waals surface area contributed by atoms with Crippen LogP contribution in [-0.4, -0.2) is 43.5 Å². The van der Waals surface area contributed by atoms with Gasteiger partial charge >= 0.3 is 0 Å². The van der Waals surface area contributed by atoms with E-state index in [0.29, 0.717) is 13.0 Å². The smallest absolute Gasteiger partial charge is 0.221 e. The lowest BCUT2D eigenvalue weighted by Gasteiger charge is -2.36. The molecule has 4 nitrogen and oxygen atoms in total. The van der Waals surface area contributed by atoms with E-state index in [9.17, 15) is 4.79 Å². The van der Waals surface area contributed by atoms with E-state index in [0.717, 1.165) is 38.3 Å². The van der Waals surface area contributed by atoms with Gasteiger partial charge < -0.3 is 10.2 Å². The molecule has 0 bridgehead atoms. The van der Waals surface area contributed by atoms with Crippen LogP contribution in [0.1, 0.15) is 23.1 Å². The molecule has 0 aliphatic carbocycles. The molecule has 0 aromatic heterocycles. The van der Waals surface area contributed by atoms with Gasteiger partial charge in [0.05, 0.1) is 0 Å². The highest BCUT2D eigenvalue weighted by molar-refractivity contribution is 5.76. The normalized spacial score (nSPS) is 15.1. The predicted molar refractivity (Wildman–Crippen MR) is 107 cm³/mol. The summed E-state index contributed by atoms with van der Waals surface area (Å²) in [5, 5.41) is 3.03. The maximum atomic E-state index is 12.1. The number of amides is 1. The Morgan fingerprint density at radius 1 is 0.962 bits per heavy atom. The summed E-state index contributed by atoms with van der Waals surface area (Å²) in [7, 11) is 0. The highest BCUT2D eigenvalue weighted by atomic mass is 16.1.